The average molecular weight is 189 g/mol. The molecule has 1 saturated heterocycles. The van der Waals surface area contributed by atoms with Crippen LogP contribution >= 0.6 is 0 Å². The Hall–Kier alpha value is -1.84. The van der Waals surface area contributed by atoms with E-state index in [1.54, 1.807) is 6.08 Å². The normalized spacial score (nSPS) is 32.0. The molecule has 0 bridgehead atoms. The minimum Gasteiger partial charge on any atom is -0.477 e. The molecule has 0 radical (unpaired) electrons. The lowest BCUT2D eigenvalue weighted by atomic mass is 9.95. The van der Waals surface area contributed by atoms with E-state index in [1.165, 1.54) is 6.20 Å². The number of ketones is 1. The summed E-state index contributed by atoms with van der Waals surface area (Å²) < 4.78 is 0. The van der Waals surface area contributed by atoms with E-state index in [4.69, 9.17) is 5.11 Å². The second-order valence-corrected chi connectivity index (χ2v) is 3.57. The van der Waals surface area contributed by atoms with Gasteiger partial charge in [-0.3, -0.25) is 4.79 Å². The number of rotatable bonds is 1. The van der Waals surface area contributed by atoms with Gasteiger partial charge in [-0.15, -0.1) is 0 Å². The van der Waals surface area contributed by atoms with Crippen molar-refractivity contribution in [1.29, 1.82) is 0 Å². The van der Waals surface area contributed by atoms with Gasteiger partial charge in [-0.25, -0.2) is 4.79 Å². The first-order valence-electron chi connectivity index (χ1n) is 4.36. The fraction of sp³-hybridized carbons (Fsp3) is 0.200. The van der Waals surface area contributed by atoms with Crippen LogP contribution in [0.4, 0.5) is 0 Å². The summed E-state index contributed by atoms with van der Waals surface area (Å²) in [5.74, 6) is -1.49. The van der Waals surface area contributed by atoms with Gasteiger partial charge in [0.25, 0.3) is 0 Å². The Morgan fingerprint density at radius 3 is 3.00 bits per heavy atom. The molecule has 2 atom stereocenters. The highest BCUT2D eigenvalue weighted by Gasteiger charge is 2.53. The van der Waals surface area contributed by atoms with Gasteiger partial charge in [-0.1, -0.05) is 18.2 Å². The first kappa shape index (κ1) is 7.55. The first-order valence-corrected chi connectivity index (χ1v) is 4.36. The Labute approximate surface area is 79.8 Å². The lowest BCUT2D eigenvalue weighted by Crippen LogP contribution is -2.23. The zero-order chi connectivity index (χ0) is 9.87. The molecule has 14 heavy (non-hydrogen) atoms. The molecular formula is C10H7NO3. The van der Waals surface area contributed by atoms with Crippen molar-refractivity contribution < 1.29 is 14.7 Å². The van der Waals surface area contributed by atoms with Crippen LogP contribution in [0.5, 0.6) is 0 Å². The summed E-state index contributed by atoms with van der Waals surface area (Å²) in [5.41, 5.74) is 0.483. The van der Waals surface area contributed by atoms with Gasteiger partial charge in [0, 0.05) is 11.8 Å². The largest absolute Gasteiger partial charge is 0.477 e. The van der Waals surface area contributed by atoms with Gasteiger partial charge in [-0.05, 0) is 0 Å². The second-order valence-electron chi connectivity index (χ2n) is 3.57. The Morgan fingerprint density at radius 1 is 1.50 bits per heavy atom. The van der Waals surface area contributed by atoms with E-state index >= 15 is 0 Å². The van der Waals surface area contributed by atoms with Crippen molar-refractivity contribution in [3.8, 4) is 0 Å². The quantitative estimate of drug-likeness (QED) is 0.469. The van der Waals surface area contributed by atoms with Gasteiger partial charge >= 0.3 is 5.97 Å². The molecule has 0 amide bonds. The van der Waals surface area contributed by atoms with Gasteiger partial charge in [0.1, 0.15) is 5.57 Å². The minimum atomic E-state index is -1.15. The molecule has 2 heterocycles. The summed E-state index contributed by atoms with van der Waals surface area (Å²) in [5, 5.41) is 8.80. The van der Waals surface area contributed by atoms with Crippen LogP contribution in [0.1, 0.15) is 0 Å². The Kier molecular flexibility index (Phi) is 1.16. The molecule has 3 aliphatic rings. The Morgan fingerprint density at radius 2 is 2.29 bits per heavy atom. The van der Waals surface area contributed by atoms with Gasteiger partial charge in [0.2, 0.25) is 0 Å². The van der Waals surface area contributed by atoms with E-state index in [0.29, 0.717) is 5.57 Å². The van der Waals surface area contributed by atoms with Gasteiger partial charge in [0.15, 0.2) is 5.78 Å². The monoisotopic (exact) mass is 189 g/mol. The maximum atomic E-state index is 11.6. The second kappa shape index (κ2) is 2.15. The van der Waals surface area contributed by atoms with Gasteiger partial charge in [-0.2, -0.15) is 0 Å². The lowest BCUT2D eigenvalue weighted by molar-refractivity contribution is -0.134. The number of carboxylic acid groups (broad SMARTS) is 1. The highest BCUT2D eigenvalue weighted by Crippen LogP contribution is 2.43. The van der Waals surface area contributed by atoms with Crippen molar-refractivity contribution in [1.82, 2.24) is 4.90 Å². The summed E-state index contributed by atoms with van der Waals surface area (Å²) in [7, 11) is 0. The molecule has 0 saturated carbocycles. The van der Waals surface area contributed by atoms with Crippen LogP contribution < -0.4 is 0 Å². The molecule has 3 rings (SSSR count). The molecule has 0 aromatic rings. The number of carbonyl (C=O) groups is 2. The molecule has 2 unspecified atom stereocenters. The number of allylic oxidation sites excluding steroid dienone is 2. The topological polar surface area (TPSA) is 57.4 Å². The number of hydrogen-bond donors (Lipinski definition) is 1. The summed E-state index contributed by atoms with van der Waals surface area (Å²) >= 11 is 0. The van der Waals surface area contributed by atoms with E-state index in [1.807, 2.05) is 17.1 Å². The maximum Gasteiger partial charge on any atom is 0.341 e. The molecule has 4 nitrogen and oxygen atoms in total. The fourth-order valence-corrected chi connectivity index (χ4v) is 2.08. The number of aliphatic carboxylic acids is 1. The zero-order valence-electron chi connectivity index (χ0n) is 7.18. The molecule has 0 spiro atoms. The Balaban J connectivity index is 2.12. The highest BCUT2D eigenvalue weighted by atomic mass is 16.4. The van der Waals surface area contributed by atoms with Crippen LogP contribution in [0.2, 0.25) is 0 Å². The molecule has 2 aliphatic heterocycles. The first-order chi connectivity index (χ1) is 6.70. The molecular weight excluding hydrogens is 182 g/mol. The zero-order valence-corrected chi connectivity index (χ0v) is 7.18. The van der Waals surface area contributed by atoms with Crippen molar-refractivity contribution in [3.05, 3.63) is 35.6 Å². The van der Waals surface area contributed by atoms with E-state index in [0.717, 1.165) is 0 Å². The molecule has 1 aliphatic carbocycles. The highest BCUT2D eigenvalue weighted by molar-refractivity contribution is 6.25. The van der Waals surface area contributed by atoms with Crippen molar-refractivity contribution in [2.45, 2.75) is 12.1 Å². The predicted molar refractivity (Wildman–Crippen MR) is 47.4 cm³/mol. The van der Waals surface area contributed by atoms with Crippen molar-refractivity contribution in [2.24, 2.45) is 0 Å². The van der Waals surface area contributed by atoms with Crippen LogP contribution in [0, 0.1) is 0 Å². The fourth-order valence-electron chi connectivity index (χ4n) is 2.08. The third kappa shape index (κ3) is 0.731. The van der Waals surface area contributed by atoms with Crippen molar-refractivity contribution >= 4 is 11.8 Å². The van der Waals surface area contributed by atoms with E-state index in [2.05, 4.69) is 0 Å². The van der Waals surface area contributed by atoms with Crippen LogP contribution in [-0.4, -0.2) is 33.8 Å². The lowest BCUT2D eigenvalue weighted by Gasteiger charge is -2.11. The van der Waals surface area contributed by atoms with Crippen molar-refractivity contribution in [2.75, 3.05) is 0 Å². The Bertz CT molecular complexity index is 444. The minimum absolute atomic E-state index is 0.107. The number of hydrogen-bond acceptors (Lipinski definition) is 3. The third-order valence-corrected chi connectivity index (χ3v) is 2.82. The predicted octanol–water partition coefficient (Wildman–Crippen LogP) is 0.0866. The summed E-state index contributed by atoms with van der Waals surface area (Å²) in [6, 6.07) is 0.311. The molecule has 4 heteroatoms. The number of Topliss-reactive ketones (excluding diaryl/α,β-unsaturated/α-hetero) is 1. The number of carbonyl (C=O) groups excluding carboxylic acids is 1. The van der Waals surface area contributed by atoms with Gasteiger partial charge < -0.3 is 10.0 Å². The number of carboxylic acids is 1. The summed E-state index contributed by atoms with van der Waals surface area (Å²) in [6.45, 7) is 0. The van der Waals surface area contributed by atoms with Crippen molar-refractivity contribution in [3.63, 3.8) is 0 Å². The molecule has 0 aromatic carbocycles. The van der Waals surface area contributed by atoms with Crippen LogP contribution in [-0.2, 0) is 9.59 Å². The van der Waals surface area contributed by atoms with E-state index < -0.39 is 5.97 Å². The standard InChI is InChI=1S/C10H7NO3/c12-9-5-2-1-3-7-8(5)11(7)4-6(9)10(13)14/h1-4,7-8H,(H,13,14). The molecule has 0 aromatic heterocycles. The van der Waals surface area contributed by atoms with E-state index in [9.17, 15) is 9.59 Å². The number of nitrogens with zero attached hydrogens (tertiary/aromatic N) is 1. The van der Waals surface area contributed by atoms with Crippen LogP contribution in [0.25, 0.3) is 0 Å². The SMILES string of the molecule is O=C(O)C1=CN2C3C=CC=C(C1=O)C32. The molecule has 1 N–H and O–H groups in total. The summed E-state index contributed by atoms with van der Waals surface area (Å²) in [6.07, 6.45) is 6.95. The third-order valence-electron chi connectivity index (χ3n) is 2.82. The van der Waals surface area contributed by atoms with Gasteiger partial charge in [0.05, 0.1) is 12.1 Å². The van der Waals surface area contributed by atoms with E-state index in [-0.39, 0.29) is 23.4 Å². The smallest absolute Gasteiger partial charge is 0.341 e. The molecule has 1 fully saturated rings. The average Bonchev–Trinajstić information content (AvgIpc) is 2.86. The van der Waals surface area contributed by atoms with Crippen LogP contribution in [0.15, 0.2) is 35.6 Å². The summed E-state index contributed by atoms with van der Waals surface area (Å²) in [4.78, 5) is 24.3. The van der Waals surface area contributed by atoms with Crippen LogP contribution in [0.3, 0.4) is 0 Å². The maximum absolute atomic E-state index is 11.6. The number of fused-ring (bicyclic) bond motifs is 1. The molecule has 70 valence electrons.